The van der Waals surface area contributed by atoms with Crippen molar-refractivity contribution in [2.45, 2.75) is 0 Å². The fourth-order valence-electron chi connectivity index (χ4n) is 1.47. The van der Waals surface area contributed by atoms with Crippen LogP contribution in [0, 0.1) is 7.14 Å². The van der Waals surface area contributed by atoms with Crippen molar-refractivity contribution in [3.8, 4) is 11.5 Å². The molecule has 100 valence electrons. The highest BCUT2D eigenvalue weighted by Gasteiger charge is 2.06. The zero-order valence-corrected chi connectivity index (χ0v) is 14.7. The lowest BCUT2D eigenvalue weighted by Gasteiger charge is -2.07. The molecular weight excluding hydrogens is 493 g/mol. The number of benzene rings is 2. The number of hydrogen-bond donors (Lipinski definition) is 2. The molecule has 4 nitrogen and oxygen atoms in total. The second-order valence-corrected chi connectivity index (χ2v) is 7.33. The standard InChI is InChI=1S/C12H9I2O4P/c13-9-5-7(1-3-11(9)17-15)19-8-2-4-12(18-16)10(14)6-8/h1-6,15-16,19H. The fraction of sp³-hybridized carbons (Fsp3) is 0. The average Bonchev–Trinajstić information content (AvgIpc) is 2.39. The van der Waals surface area contributed by atoms with E-state index in [4.69, 9.17) is 10.5 Å². The zero-order valence-electron chi connectivity index (χ0n) is 9.43. The molecule has 0 fully saturated rings. The van der Waals surface area contributed by atoms with Gasteiger partial charge in [-0.2, -0.15) is 0 Å². The molecule has 2 aromatic carbocycles. The number of rotatable bonds is 4. The molecule has 19 heavy (non-hydrogen) atoms. The molecule has 0 bridgehead atoms. The van der Waals surface area contributed by atoms with Gasteiger partial charge in [0.05, 0.1) is 7.14 Å². The third-order valence-corrected chi connectivity index (χ3v) is 5.23. The molecule has 0 atom stereocenters. The van der Waals surface area contributed by atoms with Gasteiger partial charge < -0.3 is 9.78 Å². The Labute approximate surface area is 139 Å². The SMILES string of the molecule is OOc1ccc(Pc2ccc(OO)c(I)c2)cc1I. The van der Waals surface area contributed by atoms with Crippen LogP contribution in [-0.4, -0.2) is 10.5 Å². The van der Waals surface area contributed by atoms with Crippen LogP contribution in [0.2, 0.25) is 0 Å². The first kappa shape index (κ1) is 15.2. The van der Waals surface area contributed by atoms with Crippen LogP contribution < -0.4 is 20.4 Å². The minimum atomic E-state index is 0.452. The largest absolute Gasteiger partial charge is 0.339 e. The summed E-state index contributed by atoms with van der Waals surface area (Å²) in [6, 6.07) is 11.2. The quantitative estimate of drug-likeness (QED) is 0.292. The molecule has 0 aliphatic heterocycles. The molecule has 0 unspecified atom stereocenters. The van der Waals surface area contributed by atoms with E-state index in [-0.39, 0.29) is 0 Å². The van der Waals surface area contributed by atoms with Crippen molar-refractivity contribution in [2.24, 2.45) is 0 Å². The van der Waals surface area contributed by atoms with Gasteiger partial charge in [0, 0.05) is 0 Å². The molecule has 0 radical (unpaired) electrons. The van der Waals surface area contributed by atoms with Crippen molar-refractivity contribution < 1.29 is 20.3 Å². The van der Waals surface area contributed by atoms with Crippen LogP contribution in [0.5, 0.6) is 11.5 Å². The first-order valence-corrected chi connectivity index (χ1v) is 8.28. The third kappa shape index (κ3) is 3.91. The van der Waals surface area contributed by atoms with Gasteiger partial charge >= 0.3 is 0 Å². The molecule has 0 aliphatic carbocycles. The van der Waals surface area contributed by atoms with Gasteiger partial charge in [-0.05, 0) is 80.1 Å². The highest BCUT2D eigenvalue weighted by Crippen LogP contribution is 2.24. The third-order valence-electron chi connectivity index (χ3n) is 2.35. The minimum Gasteiger partial charge on any atom is -0.339 e. The van der Waals surface area contributed by atoms with Gasteiger partial charge in [-0.1, -0.05) is 20.7 Å². The smallest absolute Gasteiger partial charge is 0.178 e. The molecule has 2 rings (SSSR count). The van der Waals surface area contributed by atoms with E-state index in [1.807, 2.05) is 24.3 Å². The maximum atomic E-state index is 8.65. The molecule has 0 heterocycles. The average molecular weight is 502 g/mol. The Bertz CT molecular complexity index is 540. The highest BCUT2D eigenvalue weighted by atomic mass is 127. The Morgan fingerprint density at radius 1 is 0.789 bits per heavy atom. The normalized spacial score (nSPS) is 10.3. The maximum absolute atomic E-state index is 8.65. The van der Waals surface area contributed by atoms with Gasteiger partial charge in [0.15, 0.2) is 11.5 Å². The summed E-state index contributed by atoms with van der Waals surface area (Å²) >= 11 is 4.22. The first-order chi connectivity index (χ1) is 9.13. The molecule has 0 spiro atoms. The number of hydrogen-bond acceptors (Lipinski definition) is 4. The van der Waals surface area contributed by atoms with Crippen molar-refractivity contribution in [2.75, 3.05) is 0 Å². The molecule has 0 aliphatic rings. The Balaban J connectivity index is 2.21. The van der Waals surface area contributed by atoms with Crippen LogP contribution in [0.15, 0.2) is 36.4 Å². The Morgan fingerprint density at radius 2 is 1.21 bits per heavy atom. The lowest BCUT2D eigenvalue weighted by Crippen LogP contribution is -2.05. The van der Waals surface area contributed by atoms with Crippen LogP contribution in [0.3, 0.4) is 0 Å². The van der Waals surface area contributed by atoms with Crippen LogP contribution in [0.4, 0.5) is 0 Å². The first-order valence-electron chi connectivity index (χ1n) is 5.13. The van der Waals surface area contributed by atoms with Gasteiger partial charge in [0.1, 0.15) is 0 Å². The molecule has 0 saturated carbocycles. The summed E-state index contributed by atoms with van der Waals surface area (Å²) in [4.78, 5) is 8.50. The van der Waals surface area contributed by atoms with Crippen molar-refractivity contribution >= 4 is 64.4 Å². The summed E-state index contributed by atoms with van der Waals surface area (Å²) in [7, 11) is 0.481. The predicted octanol–water partition coefficient (Wildman–Crippen LogP) is 3.23. The van der Waals surface area contributed by atoms with Crippen molar-refractivity contribution in [1.29, 1.82) is 0 Å². The van der Waals surface area contributed by atoms with Gasteiger partial charge in [0.2, 0.25) is 0 Å². The molecule has 2 aromatic rings. The van der Waals surface area contributed by atoms with Crippen LogP contribution in [0.1, 0.15) is 0 Å². The number of halogens is 2. The van der Waals surface area contributed by atoms with Crippen LogP contribution in [0.25, 0.3) is 0 Å². The van der Waals surface area contributed by atoms with E-state index in [1.165, 1.54) is 0 Å². The van der Waals surface area contributed by atoms with Gasteiger partial charge in [-0.25, -0.2) is 10.5 Å². The molecular formula is C12H9I2O4P. The van der Waals surface area contributed by atoms with E-state index < -0.39 is 0 Å². The van der Waals surface area contributed by atoms with Crippen LogP contribution >= 0.6 is 53.8 Å². The topological polar surface area (TPSA) is 58.9 Å². The Morgan fingerprint density at radius 3 is 1.53 bits per heavy atom. The van der Waals surface area contributed by atoms with E-state index in [0.29, 0.717) is 20.1 Å². The summed E-state index contributed by atoms with van der Waals surface area (Å²) in [5.74, 6) is 0.903. The molecule has 0 aromatic heterocycles. The van der Waals surface area contributed by atoms with E-state index in [0.717, 1.165) is 17.7 Å². The van der Waals surface area contributed by atoms with E-state index in [9.17, 15) is 0 Å². The summed E-state index contributed by atoms with van der Waals surface area (Å²) in [6.07, 6.45) is 0. The molecule has 0 amide bonds. The van der Waals surface area contributed by atoms with Crippen molar-refractivity contribution in [3.63, 3.8) is 0 Å². The second kappa shape index (κ2) is 7.03. The molecule has 2 N–H and O–H groups in total. The summed E-state index contributed by atoms with van der Waals surface area (Å²) < 4.78 is 1.71. The van der Waals surface area contributed by atoms with E-state index >= 15 is 0 Å². The van der Waals surface area contributed by atoms with Gasteiger partial charge in [-0.15, -0.1) is 0 Å². The summed E-state index contributed by atoms with van der Waals surface area (Å²) in [6.45, 7) is 0. The van der Waals surface area contributed by atoms with Crippen molar-refractivity contribution in [1.82, 2.24) is 0 Å². The molecule has 0 saturated heterocycles. The monoisotopic (exact) mass is 502 g/mol. The van der Waals surface area contributed by atoms with E-state index in [1.54, 1.807) is 12.1 Å². The molecule has 7 heteroatoms. The fourth-order valence-corrected chi connectivity index (χ4v) is 4.39. The lowest BCUT2D eigenvalue weighted by molar-refractivity contribution is -0.138. The highest BCUT2D eigenvalue weighted by molar-refractivity contribution is 14.1. The van der Waals surface area contributed by atoms with E-state index in [2.05, 4.69) is 55.0 Å². The van der Waals surface area contributed by atoms with Crippen LogP contribution in [-0.2, 0) is 0 Å². The van der Waals surface area contributed by atoms with Gasteiger partial charge in [0.25, 0.3) is 0 Å². The lowest BCUT2D eigenvalue weighted by atomic mass is 10.3. The Kier molecular flexibility index (Phi) is 5.64. The minimum absolute atomic E-state index is 0.452. The maximum Gasteiger partial charge on any atom is 0.178 e. The van der Waals surface area contributed by atoms with Gasteiger partial charge in [-0.3, -0.25) is 0 Å². The van der Waals surface area contributed by atoms with Crippen molar-refractivity contribution in [3.05, 3.63) is 43.5 Å². The summed E-state index contributed by atoms with van der Waals surface area (Å²) in [5, 5.41) is 19.6. The predicted molar refractivity (Wildman–Crippen MR) is 92.4 cm³/mol. The summed E-state index contributed by atoms with van der Waals surface area (Å²) in [5.41, 5.74) is 0. The second-order valence-electron chi connectivity index (χ2n) is 3.60. The Hall–Kier alpha value is -0.150. The zero-order chi connectivity index (χ0) is 13.8.